The molecule has 1 aromatic carbocycles. The number of nitrogens with one attached hydrogen (secondary N) is 1. The highest BCUT2D eigenvalue weighted by Gasteiger charge is 2.15. The van der Waals surface area contributed by atoms with Gasteiger partial charge in [0.25, 0.3) is 5.88 Å². The van der Waals surface area contributed by atoms with Crippen molar-refractivity contribution in [3.05, 3.63) is 53.2 Å². The monoisotopic (exact) mass is 326 g/mol. The molecule has 2 heterocycles. The summed E-state index contributed by atoms with van der Waals surface area (Å²) in [5.41, 5.74) is 2.78. The number of H-pyrrole nitrogens is 1. The fraction of sp³-hybridized carbons (Fsp3) is 0.176. The van der Waals surface area contributed by atoms with Gasteiger partial charge in [0, 0.05) is 18.2 Å². The number of hydrogen-bond donors (Lipinski definition) is 1. The van der Waals surface area contributed by atoms with Crippen molar-refractivity contribution >= 4 is 5.78 Å². The first kappa shape index (κ1) is 15.8. The minimum Gasteiger partial charge on any atom is -0.436 e. The quantitative estimate of drug-likeness (QED) is 0.585. The molecule has 0 saturated heterocycles. The molecule has 0 bridgehead atoms. The smallest absolute Gasteiger partial charge is 0.269 e. The molecule has 2 aromatic heterocycles. The molecule has 3 aromatic rings. The SMILES string of the molecule is CC(=O)c1[nH]nnc1Oc1ccc(-c2ccc(C)nc2F)c(C)c1. The van der Waals surface area contributed by atoms with Gasteiger partial charge in [0.05, 0.1) is 0 Å². The van der Waals surface area contributed by atoms with Crippen LogP contribution in [0.25, 0.3) is 11.1 Å². The van der Waals surface area contributed by atoms with E-state index < -0.39 is 5.95 Å². The zero-order valence-electron chi connectivity index (χ0n) is 13.4. The maximum Gasteiger partial charge on any atom is 0.269 e. The lowest BCUT2D eigenvalue weighted by molar-refractivity contribution is 0.101. The minimum atomic E-state index is -0.512. The molecule has 0 fully saturated rings. The summed E-state index contributed by atoms with van der Waals surface area (Å²) in [5.74, 6) is -0.149. The van der Waals surface area contributed by atoms with Gasteiger partial charge < -0.3 is 4.74 Å². The van der Waals surface area contributed by atoms with Crippen LogP contribution in [0.15, 0.2) is 30.3 Å². The van der Waals surface area contributed by atoms with E-state index in [-0.39, 0.29) is 17.4 Å². The van der Waals surface area contributed by atoms with Gasteiger partial charge in [-0.15, -0.1) is 0 Å². The van der Waals surface area contributed by atoms with Gasteiger partial charge in [0.1, 0.15) is 5.75 Å². The second-order valence-corrected chi connectivity index (χ2v) is 5.42. The number of aromatic amines is 1. The number of rotatable bonds is 4. The summed E-state index contributed by atoms with van der Waals surface area (Å²) in [4.78, 5) is 15.3. The van der Waals surface area contributed by atoms with Crippen LogP contribution in [0.5, 0.6) is 11.6 Å². The van der Waals surface area contributed by atoms with Gasteiger partial charge in [-0.2, -0.15) is 4.39 Å². The first-order chi connectivity index (χ1) is 11.5. The number of ketones is 1. The van der Waals surface area contributed by atoms with Crippen LogP contribution in [-0.2, 0) is 0 Å². The molecular weight excluding hydrogens is 311 g/mol. The summed E-state index contributed by atoms with van der Waals surface area (Å²) >= 11 is 0. The standard InChI is InChI=1S/C17H15FN4O2/c1-9-8-12(24-17-15(11(3)23)20-22-21-17)5-7-13(9)14-6-4-10(2)19-16(14)18/h4-8H,1-3H3,(H,20,21,22). The van der Waals surface area contributed by atoms with Gasteiger partial charge in [-0.05, 0) is 49.2 Å². The molecule has 0 saturated carbocycles. The molecule has 122 valence electrons. The third-order valence-electron chi connectivity index (χ3n) is 3.56. The van der Waals surface area contributed by atoms with E-state index in [4.69, 9.17) is 4.74 Å². The number of ether oxygens (including phenoxy) is 1. The van der Waals surface area contributed by atoms with Crippen LogP contribution in [0.1, 0.15) is 28.7 Å². The van der Waals surface area contributed by atoms with Crippen LogP contribution in [0, 0.1) is 19.8 Å². The van der Waals surface area contributed by atoms with Crippen LogP contribution < -0.4 is 4.74 Å². The number of carbonyl (C=O) groups excluding carboxylic acids is 1. The Bertz CT molecular complexity index is 921. The topological polar surface area (TPSA) is 80.8 Å². The van der Waals surface area contributed by atoms with Crippen molar-refractivity contribution in [1.82, 2.24) is 20.4 Å². The molecule has 3 rings (SSSR count). The second-order valence-electron chi connectivity index (χ2n) is 5.42. The van der Waals surface area contributed by atoms with Crippen molar-refractivity contribution in [2.75, 3.05) is 0 Å². The molecule has 0 atom stereocenters. The summed E-state index contributed by atoms with van der Waals surface area (Å²) in [7, 11) is 0. The maximum atomic E-state index is 14.1. The van der Waals surface area contributed by atoms with Gasteiger partial charge in [-0.1, -0.05) is 16.4 Å². The van der Waals surface area contributed by atoms with Crippen molar-refractivity contribution in [3.63, 3.8) is 0 Å². The Morgan fingerprint density at radius 1 is 1.17 bits per heavy atom. The molecule has 0 aliphatic heterocycles. The van der Waals surface area contributed by atoms with E-state index in [9.17, 15) is 9.18 Å². The van der Waals surface area contributed by atoms with Gasteiger partial charge in [0.15, 0.2) is 11.5 Å². The number of aryl methyl sites for hydroxylation is 2. The number of halogens is 1. The predicted octanol–water partition coefficient (Wildman–Crippen LogP) is 3.62. The van der Waals surface area contributed by atoms with Crippen molar-refractivity contribution in [2.45, 2.75) is 20.8 Å². The lowest BCUT2D eigenvalue weighted by Crippen LogP contribution is -1.97. The third-order valence-corrected chi connectivity index (χ3v) is 3.56. The van der Waals surface area contributed by atoms with Crippen LogP contribution in [0.4, 0.5) is 4.39 Å². The molecule has 24 heavy (non-hydrogen) atoms. The Morgan fingerprint density at radius 3 is 2.58 bits per heavy atom. The molecule has 0 aliphatic carbocycles. The Kier molecular flexibility index (Phi) is 4.07. The third kappa shape index (κ3) is 3.01. The highest BCUT2D eigenvalue weighted by Crippen LogP contribution is 2.30. The number of pyridine rings is 1. The lowest BCUT2D eigenvalue weighted by atomic mass is 10.0. The summed E-state index contributed by atoms with van der Waals surface area (Å²) in [5, 5.41) is 9.81. The summed E-state index contributed by atoms with van der Waals surface area (Å²) in [6.45, 7) is 4.97. The fourth-order valence-corrected chi connectivity index (χ4v) is 2.36. The summed E-state index contributed by atoms with van der Waals surface area (Å²) in [6.07, 6.45) is 0. The van der Waals surface area contributed by atoms with Gasteiger partial charge in [-0.3, -0.25) is 9.89 Å². The number of aromatic nitrogens is 4. The number of benzene rings is 1. The normalized spacial score (nSPS) is 10.7. The summed E-state index contributed by atoms with van der Waals surface area (Å²) in [6, 6.07) is 8.63. The van der Waals surface area contributed by atoms with Crippen molar-refractivity contribution in [3.8, 4) is 22.8 Å². The second kappa shape index (κ2) is 6.19. The van der Waals surface area contributed by atoms with Crippen molar-refractivity contribution in [2.24, 2.45) is 0 Å². The average Bonchev–Trinajstić information content (AvgIpc) is 2.97. The van der Waals surface area contributed by atoms with Gasteiger partial charge in [-0.25, -0.2) is 4.98 Å². The molecule has 0 unspecified atom stereocenters. The Hall–Kier alpha value is -3.09. The zero-order valence-corrected chi connectivity index (χ0v) is 13.4. The molecule has 0 radical (unpaired) electrons. The first-order valence-electron chi connectivity index (χ1n) is 7.29. The average molecular weight is 326 g/mol. The molecule has 0 spiro atoms. The Balaban J connectivity index is 1.92. The Morgan fingerprint density at radius 2 is 1.92 bits per heavy atom. The fourth-order valence-electron chi connectivity index (χ4n) is 2.36. The molecule has 0 amide bonds. The van der Waals surface area contributed by atoms with E-state index in [2.05, 4.69) is 20.4 Å². The van der Waals surface area contributed by atoms with Crippen LogP contribution in [0.3, 0.4) is 0 Å². The largest absolute Gasteiger partial charge is 0.436 e. The van der Waals surface area contributed by atoms with Crippen LogP contribution >= 0.6 is 0 Å². The van der Waals surface area contributed by atoms with E-state index in [1.54, 1.807) is 37.3 Å². The van der Waals surface area contributed by atoms with Crippen molar-refractivity contribution < 1.29 is 13.9 Å². The molecule has 0 aliphatic rings. The highest BCUT2D eigenvalue weighted by molar-refractivity contribution is 5.94. The number of Topliss-reactive ketones (excluding diaryl/α,β-unsaturated/α-hetero) is 1. The van der Waals surface area contributed by atoms with Crippen LogP contribution in [-0.4, -0.2) is 26.2 Å². The minimum absolute atomic E-state index is 0.109. The molecule has 1 N–H and O–H groups in total. The predicted molar refractivity (Wildman–Crippen MR) is 85.6 cm³/mol. The molecule has 7 heteroatoms. The molecule has 6 nitrogen and oxygen atoms in total. The van der Waals surface area contributed by atoms with Crippen molar-refractivity contribution in [1.29, 1.82) is 0 Å². The number of hydrogen-bond acceptors (Lipinski definition) is 5. The summed E-state index contributed by atoms with van der Waals surface area (Å²) < 4.78 is 19.7. The number of nitrogens with zero attached hydrogens (tertiary/aromatic N) is 3. The zero-order chi connectivity index (χ0) is 17.3. The van der Waals surface area contributed by atoms with E-state index in [1.165, 1.54) is 6.92 Å². The van der Waals surface area contributed by atoms with E-state index in [0.29, 0.717) is 17.0 Å². The van der Waals surface area contributed by atoms with Gasteiger partial charge >= 0.3 is 0 Å². The van der Waals surface area contributed by atoms with E-state index >= 15 is 0 Å². The maximum absolute atomic E-state index is 14.1. The highest BCUT2D eigenvalue weighted by atomic mass is 19.1. The van der Waals surface area contributed by atoms with Gasteiger partial charge in [0.2, 0.25) is 5.95 Å². The van der Waals surface area contributed by atoms with Crippen LogP contribution in [0.2, 0.25) is 0 Å². The van der Waals surface area contributed by atoms with E-state index in [1.807, 2.05) is 6.92 Å². The van der Waals surface area contributed by atoms with E-state index in [0.717, 1.165) is 11.1 Å². The first-order valence-corrected chi connectivity index (χ1v) is 7.29. The molecular formula is C17H15FN4O2. The lowest BCUT2D eigenvalue weighted by Gasteiger charge is -2.10. The number of carbonyl (C=O) groups is 1. The Labute approximate surface area is 137 Å².